The number of hydrogen-bond acceptors (Lipinski definition) is 3. The Morgan fingerprint density at radius 3 is 2.55 bits per heavy atom. The second-order valence-corrected chi connectivity index (χ2v) is 6.00. The minimum Gasteiger partial charge on any atom is -0.496 e. The van der Waals surface area contributed by atoms with E-state index in [2.05, 4.69) is 18.6 Å². The molecule has 110 valence electrons. The van der Waals surface area contributed by atoms with Crippen LogP contribution in [0.3, 0.4) is 0 Å². The van der Waals surface area contributed by atoms with E-state index in [1.165, 1.54) is 20.3 Å². The van der Waals surface area contributed by atoms with E-state index in [1.54, 1.807) is 6.07 Å². The molecule has 0 heterocycles. The summed E-state index contributed by atoms with van der Waals surface area (Å²) < 4.78 is 23.9. The lowest BCUT2D eigenvalue weighted by Gasteiger charge is -2.29. The Hall–Kier alpha value is -1.58. The van der Waals surface area contributed by atoms with Crippen molar-refractivity contribution in [2.75, 3.05) is 14.2 Å². The van der Waals surface area contributed by atoms with Gasteiger partial charge in [-0.1, -0.05) is 20.3 Å². The molecule has 0 bridgehead atoms. The molecule has 2 rings (SSSR count). The van der Waals surface area contributed by atoms with Gasteiger partial charge in [-0.05, 0) is 35.8 Å². The molecule has 1 aromatic carbocycles. The molecule has 3 nitrogen and oxygen atoms in total. The molecule has 1 saturated carbocycles. The highest BCUT2D eigenvalue weighted by Crippen LogP contribution is 2.51. The fraction of sp³-hybridized carbons (Fsp3) is 0.562. The van der Waals surface area contributed by atoms with E-state index in [9.17, 15) is 9.18 Å². The zero-order valence-electron chi connectivity index (χ0n) is 12.5. The molecule has 0 saturated heterocycles. The van der Waals surface area contributed by atoms with E-state index in [4.69, 9.17) is 4.74 Å². The highest BCUT2D eigenvalue weighted by molar-refractivity contribution is 5.90. The molecule has 0 aromatic heterocycles. The van der Waals surface area contributed by atoms with E-state index < -0.39 is 11.8 Å². The molecule has 1 fully saturated rings. The number of esters is 1. The van der Waals surface area contributed by atoms with Crippen molar-refractivity contribution in [2.24, 2.45) is 5.41 Å². The third-order valence-corrected chi connectivity index (χ3v) is 4.36. The Kier molecular flexibility index (Phi) is 4.02. The lowest BCUT2D eigenvalue weighted by atomic mass is 9.77. The first kappa shape index (κ1) is 14.8. The number of carbonyl (C=O) groups is 1. The second-order valence-electron chi connectivity index (χ2n) is 6.00. The summed E-state index contributed by atoms with van der Waals surface area (Å²) in [5, 5.41) is 0. The second kappa shape index (κ2) is 5.43. The summed E-state index contributed by atoms with van der Waals surface area (Å²) in [5.74, 6) is -0.480. The first-order valence-electron chi connectivity index (χ1n) is 6.86. The van der Waals surface area contributed by atoms with Gasteiger partial charge >= 0.3 is 5.97 Å². The Labute approximate surface area is 119 Å². The molecule has 4 heteroatoms. The minimum atomic E-state index is -0.651. The van der Waals surface area contributed by atoms with Gasteiger partial charge in [0.15, 0.2) is 0 Å². The standard InChI is InChI=1S/C16H21FO3/c1-16(2)7-5-6-12(16)10-8-11(15(18)20-4)13(17)9-14(10)19-3/h8-9,12H,5-7H2,1-4H3. The summed E-state index contributed by atoms with van der Waals surface area (Å²) in [4.78, 5) is 11.7. The summed E-state index contributed by atoms with van der Waals surface area (Å²) in [7, 11) is 2.78. The van der Waals surface area contributed by atoms with Crippen LogP contribution < -0.4 is 4.74 Å². The van der Waals surface area contributed by atoms with Gasteiger partial charge in [0, 0.05) is 6.07 Å². The van der Waals surface area contributed by atoms with Gasteiger partial charge in [-0.3, -0.25) is 0 Å². The van der Waals surface area contributed by atoms with Crippen molar-refractivity contribution < 1.29 is 18.7 Å². The number of carbonyl (C=O) groups excluding carboxylic acids is 1. The molecular formula is C16H21FO3. The highest BCUT2D eigenvalue weighted by atomic mass is 19.1. The number of ether oxygens (including phenoxy) is 2. The van der Waals surface area contributed by atoms with Crippen LogP contribution in [0.1, 0.15) is 54.9 Å². The molecule has 0 N–H and O–H groups in total. The molecule has 0 radical (unpaired) electrons. The normalized spacial score (nSPS) is 20.8. The molecule has 0 spiro atoms. The summed E-state index contributed by atoms with van der Waals surface area (Å²) in [6.07, 6.45) is 3.27. The van der Waals surface area contributed by atoms with E-state index >= 15 is 0 Å². The van der Waals surface area contributed by atoms with Crippen molar-refractivity contribution in [1.29, 1.82) is 0 Å². The van der Waals surface area contributed by atoms with Gasteiger partial charge in [0.05, 0.1) is 19.8 Å². The summed E-state index contributed by atoms with van der Waals surface area (Å²) in [6.45, 7) is 4.40. The maximum Gasteiger partial charge on any atom is 0.340 e. The molecule has 0 aliphatic heterocycles. The first-order chi connectivity index (χ1) is 9.40. The zero-order valence-corrected chi connectivity index (χ0v) is 12.5. The van der Waals surface area contributed by atoms with Crippen LogP contribution >= 0.6 is 0 Å². The van der Waals surface area contributed by atoms with E-state index in [1.807, 2.05) is 0 Å². The fourth-order valence-corrected chi connectivity index (χ4v) is 3.19. The summed E-state index contributed by atoms with van der Waals surface area (Å²) in [6, 6.07) is 2.88. The SMILES string of the molecule is COC(=O)c1cc(C2CCCC2(C)C)c(OC)cc1F. The average molecular weight is 280 g/mol. The lowest BCUT2D eigenvalue weighted by Crippen LogP contribution is -2.17. The van der Waals surface area contributed by atoms with Gasteiger partial charge < -0.3 is 9.47 Å². The highest BCUT2D eigenvalue weighted by Gasteiger charge is 2.37. The van der Waals surface area contributed by atoms with Gasteiger partial charge in [0.1, 0.15) is 11.6 Å². The topological polar surface area (TPSA) is 35.5 Å². The van der Waals surface area contributed by atoms with Gasteiger partial charge in [-0.25, -0.2) is 9.18 Å². The molecule has 1 aromatic rings. The monoisotopic (exact) mass is 280 g/mol. The molecule has 1 aliphatic carbocycles. The van der Waals surface area contributed by atoms with Crippen LogP contribution in [-0.4, -0.2) is 20.2 Å². The lowest BCUT2D eigenvalue weighted by molar-refractivity contribution is 0.0595. The van der Waals surface area contributed by atoms with Gasteiger partial charge in [0.2, 0.25) is 0 Å². The Morgan fingerprint density at radius 2 is 2.05 bits per heavy atom. The van der Waals surface area contributed by atoms with Crippen LogP contribution in [0, 0.1) is 11.2 Å². The molecule has 1 aliphatic rings. The summed E-state index contributed by atoms with van der Waals surface area (Å²) >= 11 is 0. The molecular weight excluding hydrogens is 259 g/mol. The number of rotatable bonds is 3. The maximum atomic E-state index is 14.0. The van der Waals surface area contributed by atoms with E-state index in [0.29, 0.717) is 5.75 Å². The minimum absolute atomic E-state index is 0.0222. The number of halogens is 1. The largest absolute Gasteiger partial charge is 0.496 e. The van der Waals surface area contributed by atoms with Crippen LogP contribution in [0.15, 0.2) is 12.1 Å². The van der Waals surface area contributed by atoms with Crippen LogP contribution in [0.2, 0.25) is 0 Å². The van der Waals surface area contributed by atoms with Crippen molar-refractivity contribution in [3.05, 3.63) is 29.1 Å². The van der Waals surface area contributed by atoms with Gasteiger partial charge in [0.25, 0.3) is 0 Å². The molecule has 1 unspecified atom stereocenters. The Balaban J connectivity index is 2.53. The Morgan fingerprint density at radius 1 is 1.35 bits per heavy atom. The third kappa shape index (κ3) is 2.51. The molecule has 0 amide bonds. The fourth-order valence-electron chi connectivity index (χ4n) is 3.19. The zero-order chi connectivity index (χ0) is 14.9. The first-order valence-corrected chi connectivity index (χ1v) is 6.86. The molecule has 20 heavy (non-hydrogen) atoms. The number of benzene rings is 1. The van der Waals surface area contributed by atoms with Gasteiger partial charge in [-0.2, -0.15) is 0 Å². The van der Waals surface area contributed by atoms with Crippen LogP contribution in [0.25, 0.3) is 0 Å². The van der Waals surface area contributed by atoms with E-state index in [0.717, 1.165) is 24.8 Å². The number of hydrogen-bond donors (Lipinski definition) is 0. The summed E-state index contributed by atoms with van der Waals surface area (Å²) in [5.41, 5.74) is 1.00. The predicted octanol–water partition coefficient (Wildman–Crippen LogP) is 3.91. The van der Waals surface area contributed by atoms with Crippen molar-refractivity contribution in [1.82, 2.24) is 0 Å². The number of methoxy groups -OCH3 is 2. The third-order valence-electron chi connectivity index (χ3n) is 4.36. The molecule has 1 atom stereocenters. The quantitative estimate of drug-likeness (QED) is 0.787. The maximum absolute atomic E-state index is 14.0. The smallest absolute Gasteiger partial charge is 0.340 e. The van der Waals surface area contributed by atoms with Gasteiger partial charge in [-0.15, -0.1) is 0 Å². The van der Waals surface area contributed by atoms with Crippen molar-refractivity contribution in [3.8, 4) is 5.75 Å². The Bertz CT molecular complexity index is 523. The van der Waals surface area contributed by atoms with Crippen LogP contribution in [0.5, 0.6) is 5.75 Å². The van der Waals surface area contributed by atoms with Crippen LogP contribution in [-0.2, 0) is 4.74 Å². The van der Waals surface area contributed by atoms with Crippen LogP contribution in [0.4, 0.5) is 4.39 Å². The average Bonchev–Trinajstić information content (AvgIpc) is 2.77. The van der Waals surface area contributed by atoms with Crippen molar-refractivity contribution in [3.63, 3.8) is 0 Å². The van der Waals surface area contributed by atoms with E-state index in [-0.39, 0.29) is 16.9 Å². The van der Waals surface area contributed by atoms with Crippen molar-refractivity contribution in [2.45, 2.75) is 39.0 Å². The predicted molar refractivity (Wildman–Crippen MR) is 74.7 cm³/mol. The van der Waals surface area contributed by atoms with Crippen molar-refractivity contribution >= 4 is 5.97 Å².